The third-order valence-corrected chi connectivity index (χ3v) is 8.18. The zero-order chi connectivity index (χ0) is 25.2. The molecule has 5 rings (SSSR count). The monoisotopic (exact) mass is 492 g/mol. The SMILES string of the molecule is CCOC(=O)N[C@H]1CC[C@@H]2[C@H](C1)C[C@@H]1C(=O)O[C@H](C)[C@@H]1[C@@H]2/C=C/c1ccc(-c2cccc(F)c2)cn1. The third-order valence-electron chi connectivity index (χ3n) is 8.18. The van der Waals surface area contributed by atoms with Crippen LogP contribution in [0.2, 0.25) is 0 Å². The number of hydrogen-bond acceptors (Lipinski definition) is 5. The van der Waals surface area contributed by atoms with Crippen LogP contribution in [0.3, 0.4) is 0 Å². The highest BCUT2D eigenvalue weighted by Gasteiger charge is 2.54. The Morgan fingerprint density at radius 3 is 2.83 bits per heavy atom. The Bertz CT molecular complexity index is 1130. The minimum atomic E-state index is -0.368. The Labute approximate surface area is 211 Å². The van der Waals surface area contributed by atoms with Gasteiger partial charge in [-0.2, -0.15) is 0 Å². The zero-order valence-corrected chi connectivity index (χ0v) is 20.7. The van der Waals surface area contributed by atoms with Gasteiger partial charge in [0.25, 0.3) is 0 Å². The number of allylic oxidation sites excluding steroid dienone is 1. The number of ether oxygens (including phenoxy) is 2. The largest absolute Gasteiger partial charge is 0.462 e. The molecule has 1 aromatic heterocycles. The number of carbonyl (C=O) groups excluding carboxylic acids is 2. The molecule has 190 valence electrons. The van der Waals surface area contributed by atoms with Crippen molar-refractivity contribution in [2.45, 2.75) is 51.7 Å². The smallest absolute Gasteiger partial charge is 0.407 e. The van der Waals surface area contributed by atoms with Gasteiger partial charge in [-0.25, -0.2) is 9.18 Å². The Balaban J connectivity index is 1.34. The van der Waals surface area contributed by atoms with E-state index < -0.39 is 0 Å². The average molecular weight is 493 g/mol. The number of carbonyl (C=O) groups is 2. The lowest BCUT2D eigenvalue weighted by molar-refractivity contribution is -0.144. The number of esters is 1. The van der Waals surface area contributed by atoms with Crippen LogP contribution in [0.1, 0.15) is 45.2 Å². The fourth-order valence-corrected chi connectivity index (χ4v) is 6.64. The van der Waals surface area contributed by atoms with Crippen molar-refractivity contribution in [3.05, 3.63) is 60.2 Å². The van der Waals surface area contributed by atoms with Gasteiger partial charge in [0.1, 0.15) is 11.9 Å². The molecule has 0 radical (unpaired) electrons. The van der Waals surface area contributed by atoms with Crippen LogP contribution in [0, 0.1) is 35.4 Å². The van der Waals surface area contributed by atoms with Crippen LogP contribution in [-0.4, -0.2) is 35.8 Å². The predicted octanol–water partition coefficient (Wildman–Crippen LogP) is 5.63. The first kappa shape index (κ1) is 24.5. The molecule has 1 aliphatic heterocycles. The number of amides is 1. The van der Waals surface area contributed by atoms with Crippen molar-refractivity contribution >= 4 is 18.1 Å². The number of pyridine rings is 1. The van der Waals surface area contributed by atoms with Crippen molar-refractivity contribution in [1.29, 1.82) is 0 Å². The number of aromatic nitrogens is 1. The quantitative estimate of drug-likeness (QED) is 0.548. The first-order chi connectivity index (χ1) is 17.4. The summed E-state index contributed by atoms with van der Waals surface area (Å²) in [5.74, 6) is 0.629. The molecule has 2 aliphatic carbocycles. The second kappa shape index (κ2) is 10.4. The van der Waals surface area contributed by atoms with Crippen LogP contribution in [0.5, 0.6) is 0 Å². The van der Waals surface area contributed by atoms with Crippen LogP contribution in [0.15, 0.2) is 48.7 Å². The summed E-state index contributed by atoms with van der Waals surface area (Å²) >= 11 is 0. The van der Waals surface area contributed by atoms with Crippen LogP contribution in [0.4, 0.5) is 9.18 Å². The first-order valence-corrected chi connectivity index (χ1v) is 13.0. The number of halogens is 1. The highest BCUT2D eigenvalue weighted by atomic mass is 19.1. The highest BCUT2D eigenvalue weighted by molar-refractivity contribution is 5.75. The Morgan fingerprint density at radius 1 is 1.22 bits per heavy atom. The summed E-state index contributed by atoms with van der Waals surface area (Å²) < 4.78 is 24.3. The predicted molar refractivity (Wildman–Crippen MR) is 134 cm³/mol. The minimum absolute atomic E-state index is 0.0679. The lowest BCUT2D eigenvalue weighted by Gasteiger charge is -2.47. The molecule has 2 aromatic rings. The van der Waals surface area contributed by atoms with E-state index in [1.54, 1.807) is 19.2 Å². The summed E-state index contributed by atoms with van der Waals surface area (Å²) in [6, 6.07) is 10.4. The van der Waals surface area contributed by atoms with Crippen molar-refractivity contribution in [2.75, 3.05) is 6.61 Å². The van der Waals surface area contributed by atoms with Crippen molar-refractivity contribution in [1.82, 2.24) is 10.3 Å². The van der Waals surface area contributed by atoms with Gasteiger partial charge in [-0.15, -0.1) is 0 Å². The lowest BCUT2D eigenvalue weighted by atomic mass is 9.57. The number of benzene rings is 1. The molecule has 7 heteroatoms. The van der Waals surface area contributed by atoms with Crippen LogP contribution >= 0.6 is 0 Å². The minimum Gasteiger partial charge on any atom is -0.462 e. The molecule has 2 heterocycles. The van der Waals surface area contributed by atoms with Crippen molar-refractivity contribution in [2.24, 2.45) is 29.6 Å². The maximum absolute atomic E-state index is 13.6. The van der Waals surface area contributed by atoms with E-state index in [9.17, 15) is 14.0 Å². The number of cyclic esters (lactones) is 1. The number of nitrogens with zero attached hydrogens (tertiary/aromatic N) is 1. The maximum Gasteiger partial charge on any atom is 0.407 e. The molecule has 1 saturated heterocycles. The van der Waals surface area contributed by atoms with Crippen LogP contribution in [0.25, 0.3) is 17.2 Å². The molecular formula is C29H33FN2O4. The van der Waals surface area contributed by atoms with E-state index >= 15 is 0 Å². The molecule has 0 bridgehead atoms. The third kappa shape index (κ3) is 5.01. The van der Waals surface area contributed by atoms with E-state index in [1.807, 2.05) is 31.2 Å². The molecule has 6 nitrogen and oxygen atoms in total. The number of alkyl carbamates (subject to hydrolysis) is 1. The molecule has 7 atom stereocenters. The van der Waals surface area contributed by atoms with Gasteiger partial charge in [-0.1, -0.05) is 24.3 Å². The second-order valence-electron chi connectivity index (χ2n) is 10.3. The fourth-order valence-electron chi connectivity index (χ4n) is 6.64. The van der Waals surface area contributed by atoms with Gasteiger partial charge in [-0.05, 0) is 87.1 Å². The second-order valence-corrected chi connectivity index (χ2v) is 10.3. The number of hydrogen-bond donors (Lipinski definition) is 1. The molecule has 3 aliphatic rings. The van der Waals surface area contributed by atoms with Crippen molar-refractivity contribution in [3.8, 4) is 11.1 Å². The van der Waals surface area contributed by atoms with Crippen molar-refractivity contribution < 1.29 is 23.5 Å². The summed E-state index contributed by atoms with van der Waals surface area (Å²) in [6.07, 6.45) is 9.07. The fraction of sp³-hybridized carbons (Fsp3) is 0.483. The van der Waals surface area contributed by atoms with E-state index in [4.69, 9.17) is 9.47 Å². The van der Waals surface area contributed by atoms with Gasteiger partial charge in [0, 0.05) is 23.7 Å². The molecular weight excluding hydrogens is 459 g/mol. The summed E-state index contributed by atoms with van der Waals surface area (Å²) in [6.45, 7) is 4.15. The summed E-state index contributed by atoms with van der Waals surface area (Å²) in [5, 5.41) is 3.00. The van der Waals surface area contributed by atoms with E-state index in [1.165, 1.54) is 12.1 Å². The lowest BCUT2D eigenvalue weighted by Crippen LogP contribution is -2.48. The van der Waals surface area contributed by atoms with E-state index in [2.05, 4.69) is 16.4 Å². The summed E-state index contributed by atoms with van der Waals surface area (Å²) in [5.41, 5.74) is 2.48. The topological polar surface area (TPSA) is 77.5 Å². The normalized spacial score (nSPS) is 31.4. The van der Waals surface area contributed by atoms with Gasteiger partial charge in [0.2, 0.25) is 0 Å². The summed E-state index contributed by atoms with van der Waals surface area (Å²) in [4.78, 5) is 29.2. The Hall–Kier alpha value is -3.22. The van der Waals surface area contributed by atoms with E-state index in [-0.39, 0.29) is 47.8 Å². The van der Waals surface area contributed by atoms with E-state index in [0.717, 1.165) is 42.5 Å². The molecule has 1 aromatic carbocycles. The van der Waals surface area contributed by atoms with Gasteiger partial charge >= 0.3 is 12.1 Å². The molecule has 2 saturated carbocycles. The van der Waals surface area contributed by atoms with Gasteiger partial charge in [0.15, 0.2) is 0 Å². The Morgan fingerprint density at radius 2 is 2.08 bits per heavy atom. The number of nitrogens with one attached hydrogen (secondary N) is 1. The molecule has 36 heavy (non-hydrogen) atoms. The van der Waals surface area contributed by atoms with Crippen LogP contribution < -0.4 is 5.32 Å². The molecule has 1 amide bonds. The number of fused-ring (bicyclic) bond motifs is 2. The maximum atomic E-state index is 13.6. The standard InChI is InChI=1S/C29H33FN2O4/c1-3-35-29(34)32-23-10-11-24-20(14-23)15-26-27(17(2)36-28(26)33)25(24)12-9-22-8-7-19(16-31-22)18-5-4-6-21(30)13-18/h4-9,12-13,16-17,20,23-27H,3,10-11,14-15H2,1-2H3,(H,32,34)/b12-9+/t17-,20-,23+,24-,25-,26+,27-/m1/s1. The van der Waals surface area contributed by atoms with E-state index in [0.29, 0.717) is 18.4 Å². The zero-order valence-electron chi connectivity index (χ0n) is 20.7. The molecule has 3 fully saturated rings. The summed E-state index contributed by atoms with van der Waals surface area (Å²) in [7, 11) is 0. The van der Waals surface area contributed by atoms with Crippen molar-refractivity contribution in [3.63, 3.8) is 0 Å². The first-order valence-electron chi connectivity index (χ1n) is 13.0. The highest BCUT2D eigenvalue weighted by Crippen LogP contribution is 2.53. The Kier molecular flexibility index (Phi) is 7.08. The van der Waals surface area contributed by atoms with Gasteiger partial charge < -0.3 is 14.8 Å². The van der Waals surface area contributed by atoms with Gasteiger partial charge in [0.05, 0.1) is 18.2 Å². The molecule has 1 N–H and O–H groups in total. The molecule has 0 spiro atoms. The van der Waals surface area contributed by atoms with Crippen LogP contribution in [-0.2, 0) is 14.3 Å². The van der Waals surface area contributed by atoms with Gasteiger partial charge in [-0.3, -0.25) is 9.78 Å². The molecule has 0 unspecified atom stereocenters. The average Bonchev–Trinajstić information content (AvgIpc) is 3.15. The number of rotatable bonds is 5.